The second-order valence-corrected chi connectivity index (χ2v) is 9.97. The number of carbonyl (C=O) groups excluding carboxylic acids is 1. The second-order valence-electron chi connectivity index (χ2n) is 9.97. The number of carbonyl (C=O) groups is 1. The minimum Gasteiger partial charge on any atom is -0.491 e. The summed E-state index contributed by atoms with van der Waals surface area (Å²) < 4.78 is 22.7. The zero-order valence-electron chi connectivity index (χ0n) is 21.1. The lowest BCUT2D eigenvalue weighted by molar-refractivity contribution is 0.0204. The summed E-state index contributed by atoms with van der Waals surface area (Å²) in [6, 6.07) is 8.06. The molecule has 0 aromatic carbocycles. The molecule has 0 aliphatic carbocycles. The molecule has 0 radical (unpaired) electrons. The number of likely N-dealkylation sites (tertiary alicyclic amines) is 1. The van der Waals surface area contributed by atoms with Crippen molar-refractivity contribution in [1.82, 2.24) is 14.9 Å². The highest BCUT2D eigenvalue weighted by atomic mass is 16.6. The molecule has 0 unspecified atom stereocenters. The van der Waals surface area contributed by atoms with Crippen molar-refractivity contribution in [3.05, 3.63) is 42.2 Å². The highest BCUT2D eigenvalue weighted by molar-refractivity contribution is 5.68. The highest BCUT2D eigenvalue weighted by Crippen LogP contribution is 2.33. The van der Waals surface area contributed by atoms with Crippen LogP contribution in [0.2, 0.25) is 0 Å². The molecule has 2 fully saturated rings. The molecule has 2 aromatic heterocycles. The number of nitrogens with zero attached hydrogens (tertiary/aromatic N) is 4. The Morgan fingerprint density at radius 1 is 1.20 bits per heavy atom. The number of methoxy groups -OCH3 is 1. The predicted molar refractivity (Wildman–Crippen MR) is 132 cm³/mol. The van der Waals surface area contributed by atoms with Gasteiger partial charge < -0.3 is 28.7 Å². The van der Waals surface area contributed by atoms with Crippen LogP contribution in [-0.4, -0.2) is 72.1 Å². The van der Waals surface area contributed by atoms with Gasteiger partial charge in [0.2, 0.25) is 0 Å². The number of piperidine rings is 1. The lowest BCUT2D eigenvalue weighted by Crippen LogP contribution is -2.48. The third kappa shape index (κ3) is 6.75. The third-order valence-corrected chi connectivity index (χ3v) is 6.12. The van der Waals surface area contributed by atoms with E-state index < -0.39 is 5.60 Å². The van der Waals surface area contributed by atoms with Crippen LogP contribution in [0.1, 0.15) is 45.6 Å². The molecule has 1 atom stereocenters. The molecule has 4 rings (SSSR count). The van der Waals surface area contributed by atoms with Crippen molar-refractivity contribution in [2.75, 3.05) is 38.3 Å². The van der Waals surface area contributed by atoms with Crippen molar-refractivity contribution in [1.29, 1.82) is 0 Å². The summed E-state index contributed by atoms with van der Waals surface area (Å²) in [5, 5.41) is 0. The van der Waals surface area contributed by atoms with Gasteiger partial charge >= 0.3 is 6.09 Å². The Kier molecular flexibility index (Phi) is 7.95. The lowest BCUT2D eigenvalue weighted by Gasteiger charge is -2.39. The summed E-state index contributed by atoms with van der Waals surface area (Å²) in [6.07, 6.45) is 5.80. The maximum Gasteiger partial charge on any atom is 0.410 e. The summed E-state index contributed by atoms with van der Waals surface area (Å²) in [5.41, 5.74) is 0.583. The van der Waals surface area contributed by atoms with E-state index in [4.69, 9.17) is 23.9 Å². The normalized spacial score (nSPS) is 18.9. The average Bonchev–Trinajstić information content (AvgIpc) is 3.35. The summed E-state index contributed by atoms with van der Waals surface area (Å²) >= 11 is 0. The number of anilines is 1. The van der Waals surface area contributed by atoms with Gasteiger partial charge in [0.15, 0.2) is 5.75 Å². The maximum absolute atomic E-state index is 12.6. The van der Waals surface area contributed by atoms with Crippen LogP contribution >= 0.6 is 0 Å². The Morgan fingerprint density at radius 2 is 2.00 bits per heavy atom. The summed E-state index contributed by atoms with van der Waals surface area (Å²) in [5.74, 6) is 1.88. The number of hydrogen-bond donors (Lipinski definition) is 0. The first-order chi connectivity index (χ1) is 16.8. The fourth-order valence-corrected chi connectivity index (χ4v) is 4.35. The molecule has 35 heavy (non-hydrogen) atoms. The SMILES string of the molecule is COc1ccc(N(Cc2cccnc2)C2CCN(C(=O)OC(C)(C)C)CC2)nc1O[C@@H]1CCOC1. The van der Waals surface area contributed by atoms with Crippen molar-refractivity contribution in [2.24, 2.45) is 0 Å². The van der Waals surface area contributed by atoms with Crippen molar-refractivity contribution >= 4 is 11.9 Å². The Labute approximate surface area is 207 Å². The Balaban J connectivity index is 1.54. The monoisotopic (exact) mass is 484 g/mol. The predicted octanol–water partition coefficient (Wildman–Crippen LogP) is 4.06. The molecule has 0 N–H and O–H groups in total. The van der Waals surface area contributed by atoms with Crippen LogP contribution < -0.4 is 14.4 Å². The molecule has 2 aliphatic rings. The van der Waals surface area contributed by atoms with Gasteiger partial charge in [-0.3, -0.25) is 4.98 Å². The number of hydrogen-bond acceptors (Lipinski definition) is 8. The van der Waals surface area contributed by atoms with Gasteiger partial charge in [0.1, 0.15) is 17.5 Å². The number of ether oxygens (including phenoxy) is 4. The lowest BCUT2D eigenvalue weighted by atomic mass is 10.0. The molecule has 190 valence electrons. The molecular weight excluding hydrogens is 448 g/mol. The first kappa shape index (κ1) is 25.0. The molecule has 2 aromatic rings. The van der Waals surface area contributed by atoms with E-state index in [-0.39, 0.29) is 18.2 Å². The molecule has 0 bridgehead atoms. The standard InChI is InChI=1S/C26H36N4O5/c1-26(2,3)35-25(31)29-13-9-20(10-14-29)30(17-19-6-5-12-27-16-19)23-8-7-22(32-4)24(28-23)34-21-11-15-33-18-21/h5-8,12,16,20-21H,9-11,13-15,17-18H2,1-4H3/t21-/m1/s1. The van der Waals surface area contributed by atoms with E-state index in [1.165, 1.54) is 0 Å². The van der Waals surface area contributed by atoms with Gasteiger partial charge in [-0.1, -0.05) is 6.07 Å². The minimum absolute atomic E-state index is 0.0320. The number of pyridine rings is 2. The van der Waals surface area contributed by atoms with Gasteiger partial charge in [0.25, 0.3) is 5.88 Å². The highest BCUT2D eigenvalue weighted by Gasteiger charge is 2.31. The van der Waals surface area contributed by atoms with E-state index in [9.17, 15) is 4.79 Å². The second kappa shape index (κ2) is 11.1. The molecule has 2 saturated heterocycles. The zero-order chi connectivity index (χ0) is 24.8. The Bertz CT molecular complexity index is 967. The first-order valence-electron chi connectivity index (χ1n) is 12.3. The first-order valence-corrected chi connectivity index (χ1v) is 12.3. The fraction of sp³-hybridized carbons (Fsp3) is 0.577. The number of aromatic nitrogens is 2. The summed E-state index contributed by atoms with van der Waals surface area (Å²) in [4.78, 5) is 25.8. The minimum atomic E-state index is -0.506. The number of amides is 1. The molecule has 4 heterocycles. The molecule has 0 saturated carbocycles. The molecule has 0 spiro atoms. The largest absolute Gasteiger partial charge is 0.491 e. The van der Waals surface area contributed by atoms with E-state index in [0.29, 0.717) is 44.5 Å². The van der Waals surface area contributed by atoms with Gasteiger partial charge in [0.05, 0.1) is 20.3 Å². The van der Waals surface area contributed by atoms with E-state index >= 15 is 0 Å². The van der Waals surface area contributed by atoms with Gasteiger partial charge in [-0.2, -0.15) is 4.98 Å². The summed E-state index contributed by atoms with van der Waals surface area (Å²) in [7, 11) is 1.62. The number of rotatable bonds is 7. The van der Waals surface area contributed by atoms with Crippen molar-refractivity contribution < 1.29 is 23.7 Å². The molecule has 9 heteroatoms. The molecular formula is C26H36N4O5. The van der Waals surface area contributed by atoms with E-state index in [1.54, 1.807) is 18.2 Å². The van der Waals surface area contributed by atoms with Gasteiger partial charge in [-0.15, -0.1) is 0 Å². The van der Waals surface area contributed by atoms with Gasteiger partial charge in [-0.25, -0.2) is 4.79 Å². The fourth-order valence-electron chi connectivity index (χ4n) is 4.35. The van der Waals surface area contributed by atoms with Crippen LogP contribution in [0.3, 0.4) is 0 Å². The molecule has 9 nitrogen and oxygen atoms in total. The van der Waals surface area contributed by atoms with E-state index in [2.05, 4.69) is 16.0 Å². The Hall–Kier alpha value is -3.07. The van der Waals surface area contributed by atoms with Gasteiger partial charge in [0, 0.05) is 44.5 Å². The topological polar surface area (TPSA) is 86.3 Å². The summed E-state index contributed by atoms with van der Waals surface area (Å²) in [6.45, 7) is 8.81. The van der Waals surface area contributed by atoms with E-state index in [1.807, 2.05) is 45.2 Å². The van der Waals surface area contributed by atoms with E-state index in [0.717, 1.165) is 30.6 Å². The third-order valence-electron chi connectivity index (χ3n) is 6.12. The van der Waals surface area contributed by atoms with Crippen molar-refractivity contribution in [3.63, 3.8) is 0 Å². The molecule has 1 amide bonds. The van der Waals surface area contributed by atoms with Crippen LogP contribution in [0, 0.1) is 0 Å². The van der Waals surface area contributed by atoms with Crippen LogP contribution in [0.25, 0.3) is 0 Å². The van der Waals surface area contributed by atoms with Crippen LogP contribution in [0.15, 0.2) is 36.7 Å². The average molecular weight is 485 g/mol. The smallest absolute Gasteiger partial charge is 0.410 e. The van der Waals surface area contributed by atoms with Crippen LogP contribution in [0.5, 0.6) is 11.6 Å². The van der Waals surface area contributed by atoms with Crippen LogP contribution in [-0.2, 0) is 16.0 Å². The molecule has 2 aliphatic heterocycles. The van der Waals surface area contributed by atoms with Crippen molar-refractivity contribution in [2.45, 2.75) is 64.3 Å². The van der Waals surface area contributed by atoms with Crippen molar-refractivity contribution in [3.8, 4) is 11.6 Å². The van der Waals surface area contributed by atoms with Gasteiger partial charge in [-0.05, 0) is 57.4 Å². The maximum atomic E-state index is 12.6. The van der Waals surface area contributed by atoms with Crippen LogP contribution in [0.4, 0.5) is 10.6 Å². The Morgan fingerprint density at radius 3 is 2.63 bits per heavy atom. The zero-order valence-corrected chi connectivity index (χ0v) is 21.1. The quantitative estimate of drug-likeness (QED) is 0.582.